The average Bonchev–Trinajstić information content (AvgIpc) is 2.71. The molecule has 0 saturated carbocycles. The summed E-state index contributed by atoms with van der Waals surface area (Å²) in [5.41, 5.74) is 0.560. The molecule has 2 N–H and O–H groups in total. The van der Waals surface area contributed by atoms with Crippen LogP contribution >= 0.6 is 0 Å². The molecule has 0 fully saturated rings. The number of pyridine rings is 2. The van der Waals surface area contributed by atoms with E-state index in [1.165, 1.54) is 27.2 Å². The van der Waals surface area contributed by atoms with E-state index in [2.05, 4.69) is 4.98 Å². The van der Waals surface area contributed by atoms with Gasteiger partial charge in [-0.25, -0.2) is 13.4 Å². The molecular formula is C20H18N4O4S. The zero-order chi connectivity index (χ0) is 20.8. The molecule has 1 aromatic carbocycles. The Labute approximate surface area is 165 Å². The number of fused-ring (bicyclic) bond motifs is 2. The fourth-order valence-electron chi connectivity index (χ4n) is 3.32. The van der Waals surface area contributed by atoms with Crippen LogP contribution in [0, 0.1) is 12.3 Å². The van der Waals surface area contributed by atoms with Crippen LogP contribution in [0.5, 0.6) is 0 Å². The summed E-state index contributed by atoms with van der Waals surface area (Å²) in [4.78, 5) is 17.3. The number of hydrogen-bond acceptors (Lipinski definition) is 6. The molecular weight excluding hydrogens is 392 g/mol. The highest BCUT2D eigenvalue weighted by molar-refractivity contribution is 7.91. The molecule has 0 spiro atoms. The van der Waals surface area contributed by atoms with Crippen LogP contribution in [-0.4, -0.2) is 34.1 Å². The van der Waals surface area contributed by atoms with Gasteiger partial charge in [-0.3, -0.25) is 14.6 Å². The highest BCUT2D eigenvalue weighted by Gasteiger charge is 2.24. The van der Waals surface area contributed by atoms with Crippen LogP contribution in [0.25, 0.3) is 16.7 Å². The van der Waals surface area contributed by atoms with Crippen molar-refractivity contribution in [3.63, 3.8) is 0 Å². The van der Waals surface area contributed by atoms with Gasteiger partial charge in [0.1, 0.15) is 21.7 Å². The minimum Gasteiger partial charge on any atom is -0.395 e. The van der Waals surface area contributed by atoms with E-state index in [4.69, 9.17) is 5.41 Å². The summed E-state index contributed by atoms with van der Waals surface area (Å²) in [5.74, 6) is 0. The van der Waals surface area contributed by atoms with Crippen molar-refractivity contribution in [1.29, 1.82) is 5.41 Å². The van der Waals surface area contributed by atoms with Gasteiger partial charge in [0.05, 0.1) is 16.9 Å². The van der Waals surface area contributed by atoms with Crippen molar-refractivity contribution < 1.29 is 13.5 Å². The summed E-state index contributed by atoms with van der Waals surface area (Å²) in [5, 5.41) is 18.0. The SMILES string of the molecule is Cc1cccn2c(=O)c3cc(S(=O)(=O)c4ccccc4)c(=N)n(CCO)c3nc12. The molecule has 4 rings (SSSR count). The van der Waals surface area contributed by atoms with Gasteiger partial charge < -0.3 is 9.67 Å². The average molecular weight is 410 g/mol. The number of aryl methyl sites for hydroxylation is 1. The van der Waals surface area contributed by atoms with Gasteiger partial charge in [-0.15, -0.1) is 0 Å². The third-order valence-corrected chi connectivity index (χ3v) is 6.55. The molecule has 29 heavy (non-hydrogen) atoms. The molecule has 4 aromatic rings. The third kappa shape index (κ3) is 2.95. The molecule has 0 aliphatic heterocycles. The van der Waals surface area contributed by atoms with Crippen LogP contribution < -0.4 is 11.0 Å². The van der Waals surface area contributed by atoms with Crippen LogP contribution in [0.1, 0.15) is 5.56 Å². The van der Waals surface area contributed by atoms with Crippen molar-refractivity contribution in [2.75, 3.05) is 6.61 Å². The first-order valence-corrected chi connectivity index (χ1v) is 10.4. The van der Waals surface area contributed by atoms with E-state index in [0.717, 1.165) is 5.56 Å². The van der Waals surface area contributed by atoms with Crippen molar-refractivity contribution in [1.82, 2.24) is 14.0 Å². The van der Waals surface area contributed by atoms with Gasteiger partial charge in [0.15, 0.2) is 0 Å². The van der Waals surface area contributed by atoms with Crippen LogP contribution in [-0.2, 0) is 16.4 Å². The van der Waals surface area contributed by atoms with E-state index in [1.807, 2.05) is 0 Å². The molecule has 0 aliphatic rings. The maximum absolute atomic E-state index is 13.2. The normalized spacial score (nSPS) is 11.9. The monoisotopic (exact) mass is 410 g/mol. The van der Waals surface area contributed by atoms with E-state index >= 15 is 0 Å². The van der Waals surface area contributed by atoms with E-state index in [-0.39, 0.29) is 39.5 Å². The lowest BCUT2D eigenvalue weighted by Crippen LogP contribution is -2.31. The van der Waals surface area contributed by atoms with E-state index < -0.39 is 15.4 Å². The van der Waals surface area contributed by atoms with Crippen LogP contribution in [0.15, 0.2) is 69.3 Å². The first kappa shape index (κ1) is 19.0. The summed E-state index contributed by atoms with van der Waals surface area (Å²) < 4.78 is 28.9. The van der Waals surface area contributed by atoms with Gasteiger partial charge in [-0.1, -0.05) is 24.3 Å². The van der Waals surface area contributed by atoms with Crippen LogP contribution in [0.2, 0.25) is 0 Å². The largest absolute Gasteiger partial charge is 0.395 e. The zero-order valence-electron chi connectivity index (χ0n) is 15.5. The van der Waals surface area contributed by atoms with Crippen LogP contribution in [0.3, 0.4) is 0 Å². The summed E-state index contributed by atoms with van der Waals surface area (Å²) in [6.45, 7) is 1.40. The number of aliphatic hydroxyl groups excluding tert-OH is 1. The fraction of sp³-hybridized carbons (Fsp3) is 0.150. The summed E-state index contributed by atoms with van der Waals surface area (Å²) >= 11 is 0. The molecule has 148 valence electrons. The van der Waals surface area contributed by atoms with Gasteiger partial charge in [0, 0.05) is 12.7 Å². The molecule has 8 nitrogen and oxygen atoms in total. The molecule has 0 radical (unpaired) electrons. The number of nitrogens with zero attached hydrogens (tertiary/aromatic N) is 3. The first-order chi connectivity index (χ1) is 13.9. The lowest BCUT2D eigenvalue weighted by atomic mass is 10.2. The minimum atomic E-state index is -4.05. The van der Waals surface area contributed by atoms with Crippen molar-refractivity contribution in [3.05, 3.63) is 76.1 Å². The third-order valence-electron chi connectivity index (χ3n) is 4.77. The lowest BCUT2D eigenvalue weighted by molar-refractivity contribution is 0.274. The van der Waals surface area contributed by atoms with Crippen molar-refractivity contribution in [3.8, 4) is 0 Å². The Kier molecular flexibility index (Phi) is 4.56. The highest BCUT2D eigenvalue weighted by atomic mass is 32.2. The van der Waals surface area contributed by atoms with E-state index in [1.54, 1.807) is 43.5 Å². The quantitative estimate of drug-likeness (QED) is 0.491. The number of sulfone groups is 1. The topological polar surface area (TPSA) is 118 Å². The van der Waals surface area contributed by atoms with Gasteiger partial charge in [0.2, 0.25) is 9.84 Å². The molecule has 3 heterocycles. The summed E-state index contributed by atoms with van der Waals surface area (Å²) in [6.07, 6.45) is 1.56. The van der Waals surface area contributed by atoms with E-state index in [0.29, 0.717) is 5.65 Å². The Morgan fingerprint density at radius 3 is 2.52 bits per heavy atom. The zero-order valence-corrected chi connectivity index (χ0v) is 16.3. The number of rotatable bonds is 4. The molecule has 0 bridgehead atoms. The number of nitrogens with one attached hydrogen (secondary N) is 1. The Morgan fingerprint density at radius 1 is 1.10 bits per heavy atom. The number of benzene rings is 1. The molecule has 0 unspecified atom stereocenters. The van der Waals surface area contributed by atoms with Crippen molar-refractivity contribution in [2.45, 2.75) is 23.3 Å². The highest BCUT2D eigenvalue weighted by Crippen LogP contribution is 2.20. The maximum Gasteiger partial charge on any atom is 0.267 e. The number of aromatic nitrogens is 3. The van der Waals surface area contributed by atoms with Gasteiger partial charge in [-0.2, -0.15) is 0 Å². The Morgan fingerprint density at radius 2 is 1.83 bits per heavy atom. The van der Waals surface area contributed by atoms with Crippen molar-refractivity contribution >= 4 is 26.5 Å². The smallest absolute Gasteiger partial charge is 0.267 e. The summed E-state index contributed by atoms with van der Waals surface area (Å²) in [6, 6.07) is 12.5. The Bertz CT molecular complexity index is 1470. The predicted molar refractivity (Wildman–Crippen MR) is 107 cm³/mol. The Hall–Kier alpha value is -3.30. The lowest BCUT2D eigenvalue weighted by Gasteiger charge is -2.14. The standard InChI is InChI=1S/C20H18N4O4S/c1-13-6-5-9-24-18(13)22-19-15(20(24)26)12-16(17(21)23(19)10-11-25)29(27,28)14-7-3-2-4-8-14/h2-9,12,21,25H,10-11H2,1H3. The predicted octanol–water partition coefficient (Wildman–Crippen LogP) is 1.26. The van der Waals surface area contributed by atoms with E-state index in [9.17, 15) is 18.3 Å². The van der Waals surface area contributed by atoms with Crippen molar-refractivity contribution in [2.24, 2.45) is 0 Å². The molecule has 3 aromatic heterocycles. The second-order valence-electron chi connectivity index (χ2n) is 6.59. The first-order valence-electron chi connectivity index (χ1n) is 8.87. The molecule has 0 atom stereocenters. The maximum atomic E-state index is 13.2. The molecule has 0 amide bonds. The Balaban J connectivity index is 2.18. The molecule has 9 heteroatoms. The molecule has 0 saturated heterocycles. The van der Waals surface area contributed by atoms with Crippen LogP contribution in [0.4, 0.5) is 0 Å². The minimum absolute atomic E-state index is 0.0214. The second-order valence-corrected chi connectivity index (χ2v) is 8.51. The fourth-order valence-corrected chi connectivity index (χ4v) is 4.73. The summed E-state index contributed by atoms with van der Waals surface area (Å²) in [7, 11) is -4.05. The van der Waals surface area contributed by atoms with Gasteiger partial charge >= 0.3 is 0 Å². The molecule has 0 aliphatic carbocycles. The number of aliphatic hydroxyl groups is 1. The number of hydrogen-bond donors (Lipinski definition) is 2. The van der Waals surface area contributed by atoms with Gasteiger partial charge in [-0.05, 0) is 36.8 Å². The second kappa shape index (κ2) is 6.94. The van der Waals surface area contributed by atoms with Gasteiger partial charge in [0.25, 0.3) is 5.56 Å².